The molecule has 7 nitrogen and oxygen atoms in total. The van der Waals surface area contributed by atoms with E-state index in [9.17, 15) is 9.59 Å². The number of fused-ring (bicyclic) bond motifs is 1. The number of hydrogen-bond acceptors (Lipinski definition) is 4. The predicted octanol–water partition coefficient (Wildman–Crippen LogP) is 4.43. The molecule has 7 heteroatoms. The quantitative estimate of drug-likeness (QED) is 0.616. The number of amides is 2. The van der Waals surface area contributed by atoms with E-state index in [0.717, 1.165) is 28.1 Å². The first-order chi connectivity index (χ1) is 14.6. The van der Waals surface area contributed by atoms with Crippen LogP contribution in [0.15, 0.2) is 24.4 Å². The normalized spacial score (nSPS) is 11.4. The third kappa shape index (κ3) is 4.76. The molecule has 2 N–H and O–H groups in total. The summed E-state index contributed by atoms with van der Waals surface area (Å²) in [4.78, 5) is 30.2. The molecule has 0 saturated carbocycles. The highest BCUT2D eigenvalue weighted by Crippen LogP contribution is 2.25. The maximum Gasteiger partial charge on any atom is 0.252 e. The van der Waals surface area contributed by atoms with Crippen molar-refractivity contribution in [1.82, 2.24) is 20.1 Å². The molecule has 31 heavy (non-hydrogen) atoms. The second-order valence-electron chi connectivity index (χ2n) is 8.67. The van der Waals surface area contributed by atoms with Crippen molar-refractivity contribution in [2.75, 3.05) is 11.9 Å². The molecule has 0 aliphatic rings. The summed E-state index contributed by atoms with van der Waals surface area (Å²) in [5, 5.41) is 10.8. The van der Waals surface area contributed by atoms with E-state index in [-0.39, 0.29) is 30.3 Å². The van der Waals surface area contributed by atoms with Crippen LogP contribution in [0, 0.1) is 20.8 Å². The third-order valence-corrected chi connectivity index (χ3v) is 5.26. The summed E-state index contributed by atoms with van der Waals surface area (Å²) in [5.74, 6) is -0.428. The molecule has 1 aromatic carbocycles. The number of aromatic nitrogens is 3. The first kappa shape index (κ1) is 22.5. The molecule has 164 valence electrons. The van der Waals surface area contributed by atoms with Gasteiger partial charge in [-0.2, -0.15) is 5.10 Å². The lowest BCUT2D eigenvalue weighted by molar-refractivity contribution is -0.115. The monoisotopic (exact) mass is 421 g/mol. The molecule has 3 rings (SSSR count). The van der Waals surface area contributed by atoms with Gasteiger partial charge >= 0.3 is 0 Å². The number of anilines is 1. The van der Waals surface area contributed by atoms with Gasteiger partial charge in [0.25, 0.3) is 5.91 Å². The lowest BCUT2D eigenvalue weighted by Crippen LogP contribution is -2.33. The fourth-order valence-electron chi connectivity index (χ4n) is 3.72. The Balaban J connectivity index is 1.81. The summed E-state index contributed by atoms with van der Waals surface area (Å²) in [6, 6.07) is 5.96. The highest BCUT2D eigenvalue weighted by molar-refractivity contribution is 6.07. The second-order valence-corrected chi connectivity index (χ2v) is 8.67. The lowest BCUT2D eigenvalue weighted by Gasteiger charge is -2.14. The molecule has 0 aliphatic carbocycles. The summed E-state index contributed by atoms with van der Waals surface area (Å²) in [6.07, 6.45) is 1.67. The van der Waals surface area contributed by atoms with Crippen LogP contribution in [0.3, 0.4) is 0 Å². The summed E-state index contributed by atoms with van der Waals surface area (Å²) >= 11 is 0. The zero-order chi connectivity index (χ0) is 22.9. The zero-order valence-electron chi connectivity index (χ0n) is 19.3. The summed E-state index contributed by atoms with van der Waals surface area (Å²) in [6.45, 7) is 13.9. The third-order valence-electron chi connectivity index (χ3n) is 5.26. The van der Waals surface area contributed by atoms with Crippen molar-refractivity contribution >= 4 is 28.5 Å². The molecule has 0 aliphatic heterocycles. The van der Waals surface area contributed by atoms with Crippen LogP contribution in [0.2, 0.25) is 0 Å². The van der Waals surface area contributed by atoms with Gasteiger partial charge in [-0.3, -0.25) is 9.59 Å². The number of rotatable bonds is 6. The maximum absolute atomic E-state index is 13.0. The largest absolute Gasteiger partial charge is 0.343 e. The Labute approximate surface area is 183 Å². The van der Waals surface area contributed by atoms with E-state index < -0.39 is 0 Å². The molecule has 0 spiro atoms. The van der Waals surface area contributed by atoms with E-state index in [1.807, 2.05) is 65.3 Å². The minimum Gasteiger partial charge on any atom is -0.343 e. The number of hydrogen-bond donors (Lipinski definition) is 2. The van der Waals surface area contributed by atoms with Gasteiger partial charge < -0.3 is 10.6 Å². The fraction of sp³-hybridized carbons (Fsp3) is 0.417. The van der Waals surface area contributed by atoms with Crippen LogP contribution >= 0.6 is 0 Å². The van der Waals surface area contributed by atoms with Gasteiger partial charge in [0.05, 0.1) is 23.7 Å². The minimum atomic E-state index is -0.315. The molecule has 0 unspecified atom stereocenters. The Kier molecular flexibility index (Phi) is 6.43. The van der Waals surface area contributed by atoms with E-state index in [0.29, 0.717) is 16.6 Å². The molecule has 0 saturated heterocycles. The molecular formula is C24H31N5O2. The van der Waals surface area contributed by atoms with Crippen LogP contribution in [-0.4, -0.2) is 33.1 Å². The average molecular weight is 422 g/mol. The van der Waals surface area contributed by atoms with E-state index >= 15 is 0 Å². The fourth-order valence-corrected chi connectivity index (χ4v) is 3.72. The van der Waals surface area contributed by atoms with Gasteiger partial charge in [0, 0.05) is 17.4 Å². The number of nitrogens with one attached hydrogen (secondary N) is 2. The molecule has 2 amide bonds. The van der Waals surface area contributed by atoms with E-state index in [2.05, 4.69) is 15.7 Å². The van der Waals surface area contributed by atoms with Crippen LogP contribution in [-0.2, 0) is 4.79 Å². The average Bonchev–Trinajstić information content (AvgIpc) is 3.12. The van der Waals surface area contributed by atoms with Gasteiger partial charge in [0.1, 0.15) is 0 Å². The van der Waals surface area contributed by atoms with Crippen LogP contribution in [0.25, 0.3) is 11.0 Å². The molecule has 0 radical (unpaired) electrons. The summed E-state index contributed by atoms with van der Waals surface area (Å²) < 4.78 is 1.81. The van der Waals surface area contributed by atoms with Crippen LogP contribution < -0.4 is 10.6 Å². The Hall–Kier alpha value is -3.22. The van der Waals surface area contributed by atoms with Gasteiger partial charge in [0.15, 0.2) is 5.65 Å². The van der Waals surface area contributed by atoms with Crippen LogP contribution in [0.4, 0.5) is 5.69 Å². The highest BCUT2D eigenvalue weighted by Gasteiger charge is 2.19. The van der Waals surface area contributed by atoms with Crippen LogP contribution in [0.5, 0.6) is 0 Å². The van der Waals surface area contributed by atoms with Gasteiger partial charge in [-0.1, -0.05) is 31.5 Å². The van der Waals surface area contributed by atoms with Crippen LogP contribution in [0.1, 0.15) is 72.4 Å². The molecule has 3 aromatic rings. The van der Waals surface area contributed by atoms with Gasteiger partial charge in [-0.15, -0.1) is 0 Å². The Morgan fingerprint density at radius 2 is 1.68 bits per heavy atom. The Morgan fingerprint density at radius 3 is 2.26 bits per heavy atom. The number of carbonyl (C=O) groups excluding carboxylic acids is 2. The van der Waals surface area contributed by atoms with Crippen molar-refractivity contribution in [3.63, 3.8) is 0 Å². The zero-order valence-corrected chi connectivity index (χ0v) is 19.3. The van der Waals surface area contributed by atoms with Crippen molar-refractivity contribution < 1.29 is 9.59 Å². The smallest absolute Gasteiger partial charge is 0.252 e. The molecule has 0 bridgehead atoms. The maximum atomic E-state index is 13.0. The first-order valence-electron chi connectivity index (χ1n) is 10.6. The molecule has 2 aromatic heterocycles. The van der Waals surface area contributed by atoms with Crippen molar-refractivity contribution in [2.24, 2.45) is 0 Å². The van der Waals surface area contributed by atoms with E-state index in [1.165, 1.54) is 0 Å². The van der Waals surface area contributed by atoms with Crippen molar-refractivity contribution in [2.45, 2.75) is 60.4 Å². The summed E-state index contributed by atoms with van der Waals surface area (Å²) in [7, 11) is 0. The molecule has 0 atom stereocenters. The van der Waals surface area contributed by atoms with E-state index in [4.69, 9.17) is 4.98 Å². The van der Waals surface area contributed by atoms with Gasteiger partial charge in [-0.05, 0) is 57.7 Å². The first-order valence-corrected chi connectivity index (χ1v) is 10.6. The lowest BCUT2D eigenvalue weighted by atomic mass is 10.0. The van der Waals surface area contributed by atoms with Crippen molar-refractivity contribution in [3.8, 4) is 0 Å². The number of pyridine rings is 1. The Bertz CT molecular complexity index is 1120. The minimum absolute atomic E-state index is 0.120. The van der Waals surface area contributed by atoms with E-state index in [1.54, 1.807) is 12.3 Å². The molecular weight excluding hydrogens is 390 g/mol. The molecule has 0 fully saturated rings. The van der Waals surface area contributed by atoms with Gasteiger partial charge in [-0.25, -0.2) is 9.67 Å². The van der Waals surface area contributed by atoms with Crippen molar-refractivity contribution in [3.05, 3.63) is 52.3 Å². The predicted molar refractivity (Wildman–Crippen MR) is 124 cm³/mol. The number of benzene rings is 1. The van der Waals surface area contributed by atoms with Crippen molar-refractivity contribution in [1.29, 1.82) is 0 Å². The molecule has 2 heterocycles. The Morgan fingerprint density at radius 1 is 1.03 bits per heavy atom. The number of carbonyl (C=O) groups is 2. The SMILES string of the molecule is Cc1cc(C)c(NC(=O)CNC(=O)c2cc(C(C)C)nc3c2cnn3C(C)C)c(C)c1. The van der Waals surface area contributed by atoms with Gasteiger partial charge in [0.2, 0.25) is 5.91 Å². The topological polar surface area (TPSA) is 88.9 Å². The summed E-state index contributed by atoms with van der Waals surface area (Å²) in [5.41, 5.74) is 5.90. The standard InChI is InChI=1S/C24H31N5O2/c1-13(2)20-10-18(19-11-26-29(14(3)4)23(19)27-20)24(31)25-12-21(30)28-22-16(6)8-15(5)9-17(22)7/h8-11,13-14H,12H2,1-7H3,(H,25,31)(H,28,30). The highest BCUT2D eigenvalue weighted by atomic mass is 16.2. The number of aryl methyl sites for hydroxylation is 3. The number of nitrogens with zero attached hydrogens (tertiary/aromatic N) is 3. The second kappa shape index (κ2) is 8.88.